The molecule has 2 atom stereocenters. The average molecular weight is 652 g/mol. The Morgan fingerprint density at radius 2 is 1.40 bits per heavy atom. The second-order valence-corrected chi connectivity index (χ2v) is 16.1. The van der Waals surface area contributed by atoms with E-state index in [9.17, 15) is 9.59 Å². The van der Waals surface area contributed by atoms with Crippen LogP contribution in [0.15, 0.2) is 70.7 Å². The monoisotopic (exact) mass is 651 g/mol. The van der Waals surface area contributed by atoms with E-state index in [1.807, 2.05) is 40.6 Å². The summed E-state index contributed by atoms with van der Waals surface area (Å²) in [6.07, 6.45) is 25.3. The third kappa shape index (κ3) is 16.0. The Labute approximate surface area is 284 Å². The van der Waals surface area contributed by atoms with E-state index in [0.717, 1.165) is 55.7 Å². The van der Waals surface area contributed by atoms with E-state index >= 15 is 0 Å². The van der Waals surface area contributed by atoms with Crippen LogP contribution in [0.1, 0.15) is 132 Å². The topological polar surface area (TPSA) is 37.4 Å². The van der Waals surface area contributed by atoms with Gasteiger partial charge in [0.15, 0.2) is 11.6 Å². The van der Waals surface area contributed by atoms with Crippen molar-refractivity contribution in [1.29, 1.82) is 0 Å². The highest BCUT2D eigenvalue weighted by molar-refractivity contribution is 8.78. The van der Waals surface area contributed by atoms with E-state index in [2.05, 4.69) is 77.1 Å². The number of carbonyl (C=O) groups is 2. The lowest BCUT2D eigenvalue weighted by molar-refractivity contribution is 0.0973. The molecule has 250 valence electrons. The summed E-state index contributed by atoms with van der Waals surface area (Å²) >= 11 is 0. The number of nitrogens with zero attached hydrogens (tertiary/aromatic N) is 1. The van der Waals surface area contributed by atoms with Crippen LogP contribution in [-0.4, -0.2) is 42.9 Å². The molecule has 0 N–H and O–H groups in total. The van der Waals surface area contributed by atoms with Gasteiger partial charge in [-0.3, -0.25) is 9.59 Å². The SMILES string of the molecule is CC1=C(C/C=C(\CCCC(C)CCCC(C)CCCC(C)C)SSC/C=C\C/C=C\CCN(C)C)C(=O)c2ccccc2C1=O. The molecule has 45 heavy (non-hydrogen) atoms. The molecule has 0 aromatic heterocycles. The second-order valence-electron chi connectivity index (χ2n) is 13.7. The number of Topliss-reactive ketones (excluding diaryl/α,β-unsaturated/α-hetero) is 2. The van der Waals surface area contributed by atoms with Crippen molar-refractivity contribution in [3.8, 4) is 0 Å². The quantitative estimate of drug-likeness (QED) is 0.0668. The van der Waals surface area contributed by atoms with Crippen molar-refractivity contribution >= 4 is 33.2 Å². The Kier molecular flexibility index (Phi) is 19.8. The molecule has 0 aliphatic heterocycles. The molecule has 0 saturated carbocycles. The molecule has 0 heterocycles. The number of fused-ring (bicyclic) bond motifs is 1. The molecule has 3 nitrogen and oxygen atoms in total. The molecule has 0 fully saturated rings. The average Bonchev–Trinajstić information content (AvgIpc) is 3.00. The maximum Gasteiger partial charge on any atom is 0.190 e. The van der Waals surface area contributed by atoms with Gasteiger partial charge in [-0.2, -0.15) is 0 Å². The van der Waals surface area contributed by atoms with Crippen LogP contribution in [0.4, 0.5) is 0 Å². The van der Waals surface area contributed by atoms with Gasteiger partial charge in [-0.15, -0.1) is 0 Å². The van der Waals surface area contributed by atoms with Gasteiger partial charge in [0, 0.05) is 34.6 Å². The first-order valence-electron chi connectivity index (χ1n) is 17.4. The summed E-state index contributed by atoms with van der Waals surface area (Å²) in [6.45, 7) is 12.4. The van der Waals surface area contributed by atoms with E-state index < -0.39 is 0 Å². The predicted octanol–water partition coefficient (Wildman–Crippen LogP) is 11.9. The summed E-state index contributed by atoms with van der Waals surface area (Å²) in [7, 11) is 7.91. The van der Waals surface area contributed by atoms with Crippen molar-refractivity contribution in [1.82, 2.24) is 4.90 Å². The molecular formula is C40H61NO2S2. The van der Waals surface area contributed by atoms with E-state index in [0.29, 0.717) is 28.7 Å². The van der Waals surface area contributed by atoms with Crippen LogP contribution in [0.25, 0.3) is 0 Å². The van der Waals surface area contributed by atoms with Crippen molar-refractivity contribution in [3.63, 3.8) is 0 Å². The molecule has 0 bridgehead atoms. The lowest BCUT2D eigenvalue weighted by atomic mass is 9.83. The summed E-state index contributed by atoms with van der Waals surface area (Å²) in [6, 6.07) is 7.23. The maximum atomic E-state index is 13.3. The van der Waals surface area contributed by atoms with Crippen LogP contribution in [0.5, 0.6) is 0 Å². The number of benzene rings is 1. The molecule has 0 radical (unpaired) electrons. The first kappa shape index (κ1) is 39.4. The van der Waals surface area contributed by atoms with E-state index in [-0.39, 0.29) is 11.6 Å². The molecule has 1 aliphatic carbocycles. The van der Waals surface area contributed by atoms with Gasteiger partial charge in [0.1, 0.15) is 0 Å². The zero-order chi connectivity index (χ0) is 33.0. The molecule has 1 aromatic carbocycles. The van der Waals surface area contributed by atoms with Crippen LogP contribution in [0, 0.1) is 17.8 Å². The van der Waals surface area contributed by atoms with Crippen LogP contribution in [0.2, 0.25) is 0 Å². The third-order valence-electron chi connectivity index (χ3n) is 8.69. The highest BCUT2D eigenvalue weighted by Gasteiger charge is 2.28. The van der Waals surface area contributed by atoms with E-state index in [4.69, 9.17) is 0 Å². The Morgan fingerprint density at radius 3 is 2.04 bits per heavy atom. The standard InChI is InChI=1S/C40H61NO2S2/c1-31(2)19-16-20-32(3)21-17-22-33(4)23-18-24-35(45-44-30-15-11-9-8-10-14-29-41(6)7)27-28-36-34(5)39(42)37-25-12-13-26-38(37)40(36)43/h8,10-13,15,25-27,31-33H,9,14,16-24,28-30H2,1-7H3/b10-8-,15-11-,35-27+. The summed E-state index contributed by atoms with van der Waals surface area (Å²) in [4.78, 5) is 29.8. The van der Waals surface area contributed by atoms with E-state index in [1.54, 1.807) is 12.1 Å². The highest BCUT2D eigenvalue weighted by Crippen LogP contribution is 2.36. The fourth-order valence-corrected chi connectivity index (χ4v) is 7.89. The van der Waals surface area contributed by atoms with Crippen molar-refractivity contribution in [3.05, 3.63) is 81.8 Å². The molecular weight excluding hydrogens is 591 g/mol. The van der Waals surface area contributed by atoms with Crippen molar-refractivity contribution < 1.29 is 9.59 Å². The number of hydrogen-bond donors (Lipinski definition) is 0. The van der Waals surface area contributed by atoms with Crippen LogP contribution in [0.3, 0.4) is 0 Å². The number of carbonyl (C=O) groups excluding carboxylic acids is 2. The van der Waals surface area contributed by atoms with Crippen molar-refractivity contribution in [2.24, 2.45) is 17.8 Å². The van der Waals surface area contributed by atoms with Gasteiger partial charge < -0.3 is 4.90 Å². The van der Waals surface area contributed by atoms with Gasteiger partial charge in [-0.05, 0) is 75.8 Å². The third-order valence-corrected chi connectivity index (χ3v) is 11.1. The highest BCUT2D eigenvalue weighted by atomic mass is 33.1. The second kappa shape index (κ2) is 22.7. The molecule has 1 aromatic rings. The zero-order valence-corrected chi connectivity index (χ0v) is 31.0. The minimum atomic E-state index is -0.0128. The normalized spacial score (nSPS) is 15.7. The fourth-order valence-electron chi connectivity index (χ4n) is 5.73. The van der Waals surface area contributed by atoms with Crippen molar-refractivity contribution in [2.75, 3.05) is 26.4 Å². The minimum Gasteiger partial charge on any atom is -0.309 e. The number of hydrogen-bond acceptors (Lipinski definition) is 5. The van der Waals surface area contributed by atoms with Crippen LogP contribution < -0.4 is 0 Å². The molecule has 0 amide bonds. The first-order valence-corrected chi connectivity index (χ1v) is 19.7. The fraction of sp³-hybridized carbons (Fsp3) is 0.600. The van der Waals surface area contributed by atoms with E-state index in [1.165, 1.54) is 49.9 Å². The van der Waals surface area contributed by atoms with Gasteiger partial charge in [0.2, 0.25) is 0 Å². The lowest BCUT2D eigenvalue weighted by Crippen LogP contribution is -2.20. The molecule has 2 unspecified atom stereocenters. The summed E-state index contributed by atoms with van der Waals surface area (Å²) in [5.41, 5.74) is 2.33. The number of allylic oxidation sites excluding steroid dienone is 6. The zero-order valence-electron chi connectivity index (χ0n) is 29.4. The summed E-state index contributed by atoms with van der Waals surface area (Å²) in [5, 5.41) is 0. The summed E-state index contributed by atoms with van der Waals surface area (Å²) < 4.78 is 0. The number of ketones is 2. The van der Waals surface area contributed by atoms with Gasteiger partial charge in [0.25, 0.3) is 0 Å². The lowest BCUT2D eigenvalue weighted by Gasteiger charge is -2.18. The largest absolute Gasteiger partial charge is 0.309 e. The van der Waals surface area contributed by atoms with Gasteiger partial charge in [0.05, 0.1) is 0 Å². The molecule has 2 rings (SSSR count). The molecule has 5 heteroatoms. The predicted molar refractivity (Wildman–Crippen MR) is 201 cm³/mol. The molecule has 0 saturated heterocycles. The van der Waals surface area contributed by atoms with Crippen molar-refractivity contribution in [2.45, 2.75) is 112 Å². The summed E-state index contributed by atoms with van der Waals surface area (Å²) in [5.74, 6) is 3.33. The Balaban J connectivity index is 1.90. The van der Waals surface area contributed by atoms with Gasteiger partial charge in [-0.25, -0.2) is 0 Å². The van der Waals surface area contributed by atoms with Gasteiger partial charge >= 0.3 is 0 Å². The Hall–Kier alpha value is -1.82. The van der Waals surface area contributed by atoms with Gasteiger partial charge in [-0.1, -0.05) is 149 Å². The Bertz CT molecular complexity index is 1160. The number of rotatable bonds is 23. The smallest absolute Gasteiger partial charge is 0.190 e. The van der Waals surface area contributed by atoms with Crippen LogP contribution >= 0.6 is 21.6 Å². The molecule has 1 aliphatic rings. The Morgan fingerprint density at radius 1 is 0.800 bits per heavy atom. The minimum absolute atomic E-state index is 0.00424. The molecule has 0 spiro atoms. The maximum absolute atomic E-state index is 13.3. The van der Waals surface area contributed by atoms with Crippen LogP contribution in [-0.2, 0) is 0 Å². The first-order chi connectivity index (χ1) is 21.6.